The van der Waals surface area contributed by atoms with Crippen LogP contribution >= 0.6 is 0 Å². The molecule has 19 heavy (non-hydrogen) atoms. The van der Waals surface area contributed by atoms with Gasteiger partial charge in [-0.05, 0) is 6.92 Å². The van der Waals surface area contributed by atoms with Gasteiger partial charge in [-0.25, -0.2) is 24.6 Å². The number of anilines is 2. The molecule has 0 radical (unpaired) electrons. The Morgan fingerprint density at radius 2 is 2.11 bits per heavy atom. The molecular formula is C10H17F2N5O2. The molecule has 0 bridgehead atoms. The van der Waals surface area contributed by atoms with E-state index >= 15 is 0 Å². The van der Waals surface area contributed by atoms with Crippen molar-refractivity contribution in [3.05, 3.63) is 11.9 Å². The standard InChI is InChI=1S/C10H17F2N5O2/c1-2-19-5-9-15-7(3-8(16-9)17-13)14-4-6(18)10(11)12/h3,6,10,18H,2,4-5,13H2,1H3,(H2,14,15,16,17). The zero-order valence-corrected chi connectivity index (χ0v) is 10.4. The van der Waals surface area contributed by atoms with Gasteiger partial charge >= 0.3 is 0 Å². The van der Waals surface area contributed by atoms with Crippen LogP contribution in [0.2, 0.25) is 0 Å². The van der Waals surface area contributed by atoms with Crippen molar-refractivity contribution < 1.29 is 18.6 Å². The third kappa shape index (κ3) is 5.28. The number of alkyl halides is 2. The zero-order chi connectivity index (χ0) is 14.3. The summed E-state index contributed by atoms with van der Waals surface area (Å²) in [5, 5.41) is 11.6. The van der Waals surface area contributed by atoms with E-state index in [-0.39, 0.29) is 19.0 Å². The summed E-state index contributed by atoms with van der Waals surface area (Å²) >= 11 is 0. The molecule has 1 rings (SSSR count). The Bertz CT molecular complexity index is 394. The molecule has 5 N–H and O–H groups in total. The number of hydrogen-bond donors (Lipinski definition) is 4. The van der Waals surface area contributed by atoms with E-state index in [1.54, 1.807) is 0 Å². The molecule has 0 amide bonds. The van der Waals surface area contributed by atoms with Crippen LogP contribution in [0.4, 0.5) is 20.4 Å². The lowest BCUT2D eigenvalue weighted by Gasteiger charge is -2.12. The van der Waals surface area contributed by atoms with E-state index in [9.17, 15) is 8.78 Å². The van der Waals surface area contributed by atoms with E-state index in [1.807, 2.05) is 6.92 Å². The largest absolute Gasteiger partial charge is 0.385 e. The molecule has 0 aliphatic heterocycles. The summed E-state index contributed by atoms with van der Waals surface area (Å²) in [4.78, 5) is 8.08. The fourth-order valence-electron chi connectivity index (χ4n) is 1.22. The van der Waals surface area contributed by atoms with Gasteiger partial charge in [0, 0.05) is 19.2 Å². The monoisotopic (exact) mass is 277 g/mol. The van der Waals surface area contributed by atoms with Crippen LogP contribution in [-0.4, -0.2) is 40.8 Å². The quantitative estimate of drug-likeness (QED) is 0.401. The van der Waals surface area contributed by atoms with Crippen molar-refractivity contribution in [3.8, 4) is 0 Å². The topological polar surface area (TPSA) is 105 Å². The Morgan fingerprint density at radius 3 is 2.68 bits per heavy atom. The van der Waals surface area contributed by atoms with Crippen LogP contribution < -0.4 is 16.6 Å². The number of aliphatic hydroxyl groups is 1. The third-order valence-corrected chi connectivity index (χ3v) is 2.14. The average Bonchev–Trinajstić information content (AvgIpc) is 2.42. The number of nitrogens with two attached hydrogens (primary N) is 1. The van der Waals surface area contributed by atoms with Gasteiger partial charge in [-0.3, -0.25) is 0 Å². The highest BCUT2D eigenvalue weighted by Crippen LogP contribution is 2.12. The molecule has 0 aliphatic carbocycles. The van der Waals surface area contributed by atoms with E-state index in [0.717, 1.165) is 0 Å². The van der Waals surface area contributed by atoms with E-state index < -0.39 is 12.5 Å². The molecule has 108 valence electrons. The second-order valence-electron chi connectivity index (χ2n) is 3.62. The van der Waals surface area contributed by atoms with Gasteiger partial charge in [0.1, 0.15) is 24.3 Å². The first kappa shape index (κ1) is 15.5. The minimum absolute atomic E-state index is 0.179. The van der Waals surface area contributed by atoms with Gasteiger partial charge in [-0.15, -0.1) is 0 Å². The fraction of sp³-hybridized carbons (Fsp3) is 0.600. The maximum absolute atomic E-state index is 12.1. The summed E-state index contributed by atoms with van der Waals surface area (Å²) < 4.78 is 29.4. The maximum atomic E-state index is 12.1. The summed E-state index contributed by atoms with van der Waals surface area (Å²) in [6.45, 7) is 2.17. The minimum atomic E-state index is -2.82. The number of hydrazine groups is 1. The van der Waals surface area contributed by atoms with Crippen molar-refractivity contribution in [2.45, 2.75) is 26.1 Å². The van der Waals surface area contributed by atoms with Crippen LogP contribution in [0.5, 0.6) is 0 Å². The highest BCUT2D eigenvalue weighted by Gasteiger charge is 2.16. The van der Waals surface area contributed by atoms with Gasteiger partial charge in [0.05, 0.1) is 0 Å². The molecule has 9 heteroatoms. The van der Waals surface area contributed by atoms with Gasteiger partial charge in [0.25, 0.3) is 6.43 Å². The molecule has 1 heterocycles. The predicted molar refractivity (Wildman–Crippen MR) is 65.7 cm³/mol. The third-order valence-electron chi connectivity index (χ3n) is 2.14. The van der Waals surface area contributed by atoms with Crippen molar-refractivity contribution in [2.75, 3.05) is 23.9 Å². The smallest absolute Gasteiger partial charge is 0.265 e. The first-order chi connectivity index (χ1) is 9.06. The summed E-state index contributed by atoms with van der Waals surface area (Å²) in [6, 6.07) is 1.44. The Morgan fingerprint density at radius 1 is 1.42 bits per heavy atom. The Kier molecular flexibility index (Phi) is 6.33. The number of aliphatic hydroxyl groups excluding tert-OH is 1. The molecule has 0 saturated carbocycles. The molecule has 1 atom stereocenters. The number of halogens is 2. The molecule has 7 nitrogen and oxygen atoms in total. The van der Waals surface area contributed by atoms with E-state index in [4.69, 9.17) is 15.7 Å². The van der Waals surface area contributed by atoms with Crippen molar-refractivity contribution in [3.63, 3.8) is 0 Å². The SMILES string of the molecule is CCOCc1nc(NN)cc(NCC(O)C(F)F)n1. The number of rotatable bonds is 8. The van der Waals surface area contributed by atoms with E-state index in [2.05, 4.69) is 20.7 Å². The first-order valence-electron chi connectivity index (χ1n) is 5.69. The van der Waals surface area contributed by atoms with E-state index in [1.165, 1.54) is 6.07 Å². The van der Waals surface area contributed by atoms with E-state index in [0.29, 0.717) is 18.2 Å². The fourth-order valence-corrected chi connectivity index (χ4v) is 1.22. The van der Waals surface area contributed by atoms with Crippen molar-refractivity contribution in [1.29, 1.82) is 0 Å². The summed E-state index contributed by atoms with van der Waals surface area (Å²) in [5.74, 6) is 6.19. The second kappa shape index (κ2) is 7.77. The summed E-state index contributed by atoms with van der Waals surface area (Å²) in [5.41, 5.74) is 2.34. The van der Waals surface area contributed by atoms with Crippen LogP contribution in [0.25, 0.3) is 0 Å². The Balaban J connectivity index is 2.70. The number of hydrogen-bond acceptors (Lipinski definition) is 7. The van der Waals surface area contributed by atoms with Crippen molar-refractivity contribution in [1.82, 2.24) is 9.97 Å². The second-order valence-corrected chi connectivity index (χ2v) is 3.62. The molecule has 0 fully saturated rings. The molecule has 0 spiro atoms. The van der Waals surface area contributed by atoms with Crippen LogP contribution in [0, 0.1) is 0 Å². The molecule has 1 aromatic rings. The van der Waals surface area contributed by atoms with Gasteiger partial charge in [-0.1, -0.05) is 0 Å². The van der Waals surface area contributed by atoms with Crippen molar-refractivity contribution >= 4 is 11.6 Å². The zero-order valence-electron chi connectivity index (χ0n) is 10.4. The molecule has 0 aromatic carbocycles. The first-order valence-corrected chi connectivity index (χ1v) is 5.69. The van der Waals surface area contributed by atoms with Crippen LogP contribution in [0.3, 0.4) is 0 Å². The van der Waals surface area contributed by atoms with Crippen LogP contribution in [0.1, 0.15) is 12.7 Å². The molecule has 0 saturated heterocycles. The number of aromatic nitrogens is 2. The number of nitrogens with one attached hydrogen (secondary N) is 2. The van der Waals surface area contributed by atoms with Crippen LogP contribution in [-0.2, 0) is 11.3 Å². The molecule has 1 unspecified atom stereocenters. The highest BCUT2D eigenvalue weighted by atomic mass is 19.3. The lowest BCUT2D eigenvalue weighted by atomic mass is 10.3. The van der Waals surface area contributed by atoms with Gasteiger partial charge in [-0.2, -0.15) is 0 Å². The molecule has 1 aromatic heterocycles. The minimum Gasteiger partial charge on any atom is -0.385 e. The Labute approximate surface area is 109 Å². The summed E-state index contributed by atoms with van der Waals surface area (Å²) in [7, 11) is 0. The molecular weight excluding hydrogens is 260 g/mol. The lowest BCUT2D eigenvalue weighted by Crippen LogP contribution is -2.27. The van der Waals surface area contributed by atoms with Crippen molar-refractivity contribution in [2.24, 2.45) is 5.84 Å². The van der Waals surface area contributed by atoms with Gasteiger partial charge in [0.15, 0.2) is 5.82 Å². The maximum Gasteiger partial charge on any atom is 0.265 e. The summed E-state index contributed by atoms with van der Waals surface area (Å²) in [6.07, 6.45) is -4.58. The lowest BCUT2D eigenvalue weighted by molar-refractivity contribution is 0.00380. The number of nitrogen functional groups attached to an aromatic ring is 1. The molecule has 0 aliphatic rings. The predicted octanol–water partition coefficient (Wildman–Crippen LogP) is 0.337. The van der Waals surface area contributed by atoms with Gasteiger partial charge in [0.2, 0.25) is 0 Å². The van der Waals surface area contributed by atoms with Gasteiger partial charge < -0.3 is 20.6 Å². The van der Waals surface area contributed by atoms with Crippen LogP contribution in [0.15, 0.2) is 6.07 Å². The normalized spacial score (nSPS) is 12.5. The highest BCUT2D eigenvalue weighted by molar-refractivity contribution is 5.46. The Hall–Kier alpha value is -1.58. The number of nitrogens with zero attached hydrogens (tertiary/aromatic N) is 2. The number of ether oxygens (including phenoxy) is 1. The average molecular weight is 277 g/mol.